The molecule has 166 valence electrons. The lowest BCUT2D eigenvalue weighted by Gasteiger charge is -2.26. The molecule has 4 aromatic rings. The van der Waals surface area contributed by atoms with Crippen LogP contribution in [0.25, 0.3) is 22.3 Å². The van der Waals surface area contributed by atoms with Crippen molar-refractivity contribution in [1.82, 2.24) is 14.6 Å². The summed E-state index contributed by atoms with van der Waals surface area (Å²) >= 11 is 3.45. The summed E-state index contributed by atoms with van der Waals surface area (Å²) in [5.74, 6) is 0.476. The van der Waals surface area contributed by atoms with Gasteiger partial charge < -0.3 is 9.64 Å². The van der Waals surface area contributed by atoms with E-state index >= 15 is 0 Å². The number of amides is 1. The Balaban J connectivity index is 1.52. The summed E-state index contributed by atoms with van der Waals surface area (Å²) in [6.07, 6.45) is 0. The summed E-state index contributed by atoms with van der Waals surface area (Å²) in [7, 11) is 0. The molecule has 1 fully saturated rings. The Morgan fingerprint density at radius 1 is 0.970 bits per heavy atom. The largest absolute Gasteiger partial charge is 0.378 e. The Labute approximate surface area is 198 Å². The number of morpholine rings is 1. The van der Waals surface area contributed by atoms with Crippen molar-refractivity contribution < 1.29 is 9.53 Å². The van der Waals surface area contributed by atoms with Gasteiger partial charge in [0.25, 0.3) is 11.5 Å². The lowest BCUT2D eigenvalue weighted by atomic mass is 10.1. The third-order valence-electron chi connectivity index (χ3n) is 5.53. The average molecular weight is 505 g/mol. The molecule has 0 bridgehead atoms. The van der Waals surface area contributed by atoms with Crippen molar-refractivity contribution in [3.05, 3.63) is 93.2 Å². The lowest BCUT2D eigenvalue weighted by Crippen LogP contribution is -2.40. The number of anilines is 1. The van der Waals surface area contributed by atoms with Crippen molar-refractivity contribution >= 4 is 38.4 Å². The van der Waals surface area contributed by atoms with Gasteiger partial charge in [-0.1, -0.05) is 46.3 Å². The predicted molar refractivity (Wildman–Crippen MR) is 131 cm³/mol. The van der Waals surface area contributed by atoms with E-state index in [-0.39, 0.29) is 11.5 Å². The molecule has 0 unspecified atom stereocenters. The molecule has 7 nitrogen and oxygen atoms in total. The number of hydrogen-bond donors (Lipinski definition) is 1. The molecule has 8 heteroatoms. The number of nitrogens with one attached hydrogen (secondary N) is 1. The number of aromatic nitrogens is 2. The van der Waals surface area contributed by atoms with Crippen molar-refractivity contribution in [3.63, 3.8) is 0 Å². The van der Waals surface area contributed by atoms with E-state index in [1.54, 1.807) is 35.2 Å². The van der Waals surface area contributed by atoms with E-state index in [2.05, 4.69) is 21.4 Å². The molecule has 5 rings (SSSR count). The van der Waals surface area contributed by atoms with Crippen LogP contribution in [0.4, 0.5) is 5.69 Å². The van der Waals surface area contributed by atoms with Crippen LogP contribution in [-0.2, 0) is 4.74 Å². The maximum absolute atomic E-state index is 13.4. The van der Waals surface area contributed by atoms with Gasteiger partial charge in [-0.15, -0.1) is 0 Å². The molecule has 1 aromatic heterocycles. The quantitative estimate of drug-likeness (QED) is 0.451. The van der Waals surface area contributed by atoms with Crippen LogP contribution in [0.1, 0.15) is 10.4 Å². The molecule has 0 atom stereocenters. The van der Waals surface area contributed by atoms with E-state index in [0.717, 1.165) is 10.0 Å². The number of hydrogen-bond acceptors (Lipinski definition) is 5. The minimum Gasteiger partial charge on any atom is -0.378 e. The highest BCUT2D eigenvalue weighted by molar-refractivity contribution is 9.10. The van der Waals surface area contributed by atoms with E-state index in [1.165, 1.54) is 4.68 Å². The molecule has 1 aliphatic rings. The summed E-state index contributed by atoms with van der Waals surface area (Å²) < 4.78 is 7.62. The number of ether oxygens (including phenoxy) is 1. The molecule has 0 spiro atoms. The number of fused-ring (bicyclic) bond motifs is 1. The van der Waals surface area contributed by atoms with Crippen molar-refractivity contribution in [2.45, 2.75) is 0 Å². The average Bonchev–Trinajstić information content (AvgIpc) is 2.86. The molecule has 33 heavy (non-hydrogen) atoms. The van der Waals surface area contributed by atoms with Crippen LogP contribution in [0.5, 0.6) is 0 Å². The zero-order valence-electron chi connectivity index (χ0n) is 17.7. The van der Waals surface area contributed by atoms with Crippen LogP contribution in [0, 0.1) is 0 Å². The van der Waals surface area contributed by atoms with Gasteiger partial charge >= 0.3 is 0 Å². The molecule has 0 saturated carbocycles. The number of rotatable bonds is 4. The summed E-state index contributed by atoms with van der Waals surface area (Å²) in [6, 6.07) is 22.1. The van der Waals surface area contributed by atoms with E-state index in [9.17, 15) is 9.59 Å². The molecule has 2 heterocycles. The monoisotopic (exact) mass is 504 g/mol. The van der Waals surface area contributed by atoms with Crippen molar-refractivity contribution in [2.75, 3.05) is 31.7 Å². The van der Waals surface area contributed by atoms with E-state index in [0.29, 0.717) is 54.3 Å². The normalized spacial score (nSPS) is 13.8. The number of halogens is 1. The first kappa shape index (κ1) is 21.4. The lowest BCUT2D eigenvalue weighted by molar-refractivity contribution is 0.0303. The molecule has 0 radical (unpaired) electrons. The number of benzene rings is 3. The molecule has 0 aliphatic carbocycles. The molecule has 1 amide bonds. The van der Waals surface area contributed by atoms with Crippen molar-refractivity contribution in [3.8, 4) is 11.4 Å². The standard InChI is InChI=1S/C25H21BrN4O3/c26-19-8-11-21-22(16-19)27-23(17-4-2-1-3-5-17)30(25(21)32)28-20-9-6-18(7-10-20)24(31)29-12-14-33-15-13-29/h1-11,16,28H,12-15H2. The van der Waals surface area contributed by atoms with Gasteiger partial charge in [0, 0.05) is 28.7 Å². The van der Waals surface area contributed by atoms with Crippen LogP contribution < -0.4 is 11.0 Å². The van der Waals surface area contributed by atoms with Crippen molar-refractivity contribution in [1.29, 1.82) is 0 Å². The van der Waals surface area contributed by atoms with Gasteiger partial charge in [0.2, 0.25) is 0 Å². The van der Waals surface area contributed by atoms with Crippen LogP contribution in [0.15, 0.2) is 82.1 Å². The fourth-order valence-electron chi connectivity index (χ4n) is 3.81. The van der Waals surface area contributed by atoms with Crippen LogP contribution in [0.3, 0.4) is 0 Å². The van der Waals surface area contributed by atoms with Gasteiger partial charge in [-0.25, -0.2) is 9.66 Å². The molecule has 1 saturated heterocycles. The highest BCUT2D eigenvalue weighted by Gasteiger charge is 2.19. The Hall–Kier alpha value is -3.49. The van der Waals surface area contributed by atoms with Gasteiger partial charge in [-0.3, -0.25) is 15.0 Å². The third kappa shape index (κ3) is 4.40. The summed E-state index contributed by atoms with van der Waals surface area (Å²) in [5, 5.41) is 0.504. The second-order valence-corrected chi connectivity index (χ2v) is 8.61. The molecular weight excluding hydrogens is 484 g/mol. The third-order valence-corrected chi connectivity index (χ3v) is 6.03. The molecular formula is C25H21BrN4O3. The van der Waals surface area contributed by atoms with Gasteiger partial charge in [0.1, 0.15) is 0 Å². The minimum atomic E-state index is -0.208. The maximum atomic E-state index is 13.4. The SMILES string of the molecule is O=C(c1ccc(Nn2c(-c3ccccc3)nc3cc(Br)ccc3c2=O)cc1)N1CCOCC1. The summed E-state index contributed by atoms with van der Waals surface area (Å²) in [4.78, 5) is 32.7. The topological polar surface area (TPSA) is 76.5 Å². The van der Waals surface area contributed by atoms with E-state index < -0.39 is 0 Å². The minimum absolute atomic E-state index is 0.0232. The Morgan fingerprint density at radius 3 is 2.42 bits per heavy atom. The smallest absolute Gasteiger partial charge is 0.280 e. The highest BCUT2D eigenvalue weighted by atomic mass is 79.9. The van der Waals surface area contributed by atoms with Crippen LogP contribution in [-0.4, -0.2) is 46.8 Å². The highest BCUT2D eigenvalue weighted by Crippen LogP contribution is 2.22. The first-order chi connectivity index (χ1) is 16.1. The summed E-state index contributed by atoms with van der Waals surface area (Å²) in [6.45, 7) is 2.30. The van der Waals surface area contributed by atoms with Crippen LogP contribution in [0.2, 0.25) is 0 Å². The molecule has 1 N–H and O–H groups in total. The summed E-state index contributed by atoms with van der Waals surface area (Å²) in [5.41, 5.74) is 5.65. The first-order valence-corrected chi connectivity index (χ1v) is 11.4. The van der Waals surface area contributed by atoms with E-state index in [4.69, 9.17) is 9.72 Å². The second-order valence-electron chi connectivity index (χ2n) is 7.70. The first-order valence-electron chi connectivity index (χ1n) is 10.6. The fourth-order valence-corrected chi connectivity index (χ4v) is 4.16. The van der Waals surface area contributed by atoms with Gasteiger partial charge in [-0.2, -0.15) is 0 Å². The Morgan fingerprint density at radius 2 is 1.70 bits per heavy atom. The van der Waals surface area contributed by atoms with Crippen molar-refractivity contribution in [2.24, 2.45) is 0 Å². The molecule has 3 aromatic carbocycles. The fraction of sp³-hybridized carbons (Fsp3) is 0.160. The second kappa shape index (κ2) is 9.17. The van der Waals surface area contributed by atoms with E-state index in [1.807, 2.05) is 42.5 Å². The van der Waals surface area contributed by atoms with Gasteiger partial charge in [0.15, 0.2) is 5.82 Å². The Kier molecular flexibility index (Phi) is 5.93. The number of carbonyl (C=O) groups is 1. The zero-order valence-corrected chi connectivity index (χ0v) is 19.3. The Bertz CT molecular complexity index is 1360. The maximum Gasteiger partial charge on any atom is 0.280 e. The number of carbonyl (C=O) groups excluding carboxylic acids is 1. The number of nitrogens with zero attached hydrogens (tertiary/aromatic N) is 3. The van der Waals surface area contributed by atoms with Gasteiger partial charge in [-0.05, 0) is 42.5 Å². The van der Waals surface area contributed by atoms with Crippen LogP contribution >= 0.6 is 15.9 Å². The van der Waals surface area contributed by atoms with Gasteiger partial charge in [0.05, 0.1) is 29.8 Å². The zero-order chi connectivity index (χ0) is 22.8. The predicted octanol–water partition coefficient (Wildman–Crippen LogP) is 4.17. The molecule has 1 aliphatic heterocycles.